The fourth-order valence-electron chi connectivity index (χ4n) is 10.5. The Hall–Kier alpha value is -2.57. The van der Waals surface area contributed by atoms with Crippen LogP contribution in [0, 0.1) is 24.7 Å². The number of ether oxygens (including phenoxy) is 6. The van der Waals surface area contributed by atoms with E-state index in [1.807, 2.05) is 37.7 Å². The van der Waals surface area contributed by atoms with Gasteiger partial charge in [0.05, 0.1) is 46.4 Å². The van der Waals surface area contributed by atoms with E-state index in [1.54, 1.807) is 73.6 Å². The quantitative estimate of drug-likeness (QED) is 0.111. The van der Waals surface area contributed by atoms with E-state index in [0.29, 0.717) is 12.0 Å². The summed E-state index contributed by atoms with van der Waals surface area (Å²) < 4.78 is 65.9. The molecular weight excluding hydrogens is 905 g/mol. The number of carbonyl (C=O) groups excluding carboxylic acids is 2. The van der Waals surface area contributed by atoms with E-state index in [4.69, 9.17) is 28.4 Å². The van der Waals surface area contributed by atoms with Crippen LogP contribution in [0.25, 0.3) is 0 Å². The second kappa shape index (κ2) is 23.8. The van der Waals surface area contributed by atoms with Gasteiger partial charge in [-0.2, -0.15) is 0 Å². The monoisotopic (exact) mass is 989 g/mol. The summed E-state index contributed by atoms with van der Waals surface area (Å²) in [5, 5.41) is 62.4. The minimum atomic E-state index is -4.15. The first-order valence-electron chi connectivity index (χ1n) is 24.1. The van der Waals surface area contributed by atoms with Crippen LogP contribution >= 0.6 is 0 Å². The Balaban J connectivity index is 1.73. The highest BCUT2D eigenvalue weighted by molar-refractivity contribution is 7.90. The molecule has 0 radical (unpaired) electrons. The number of amides is 2. The summed E-state index contributed by atoms with van der Waals surface area (Å²) in [4.78, 5) is 31.2. The zero-order valence-electron chi connectivity index (χ0n) is 42.7. The van der Waals surface area contributed by atoms with Crippen molar-refractivity contribution in [3.05, 3.63) is 29.8 Å². The van der Waals surface area contributed by atoms with E-state index in [-0.39, 0.29) is 68.3 Å². The topological polar surface area (TPSA) is 255 Å². The van der Waals surface area contributed by atoms with Gasteiger partial charge in [-0.05, 0) is 113 Å². The molecule has 392 valence electrons. The standard InChI is InChI=1S/C48H84N4O15S/c1-15-36-48(11,59)40(54)32(7)52(22-18-21-49-45(57)50-68(60,61)35-20-17-16-19-28(35)3)26-27(2)24-46(9,58)42(67-44-38(53)34(51(12)13)23-29(4)63-44)30(5)39(31(6)43(56)65-36)66-37-25-47(10,62-14)41(55)33(8)64-37/h16-17,19-20,27,29-34,36-42,44,53-55,58-59H,15,18,21-26H2,1-14H3,(H2,49,50,57)/t27-,29+,30-,31+,32-,33-,34+,36-,37?,38+,39+,40-,41-,42-,44-,46-,47+,48-/m1/s1. The third-order valence-electron chi connectivity index (χ3n) is 14.6. The van der Waals surface area contributed by atoms with Crippen LogP contribution in [0.4, 0.5) is 4.79 Å². The summed E-state index contributed by atoms with van der Waals surface area (Å²) in [7, 11) is 1.04. The van der Waals surface area contributed by atoms with Gasteiger partial charge in [0, 0.05) is 51.2 Å². The zero-order chi connectivity index (χ0) is 51.3. The number of benzene rings is 1. The van der Waals surface area contributed by atoms with Gasteiger partial charge in [0.2, 0.25) is 0 Å². The highest BCUT2D eigenvalue weighted by atomic mass is 32.2. The lowest BCUT2D eigenvalue weighted by atomic mass is 9.77. The van der Waals surface area contributed by atoms with E-state index >= 15 is 0 Å². The molecule has 7 N–H and O–H groups in total. The third-order valence-corrected chi connectivity index (χ3v) is 16.0. The Morgan fingerprint density at radius 1 is 0.971 bits per heavy atom. The maximum Gasteiger partial charge on any atom is 0.328 e. The van der Waals surface area contributed by atoms with Crippen molar-refractivity contribution in [3.8, 4) is 0 Å². The summed E-state index contributed by atoms with van der Waals surface area (Å²) in [6, 6.07) is 4.25. The van der Waals surface area contributed by atoms with Crippen LogP contribution in [0.5, 0.6) is 0 Å². The van der Waals surface area contributed by atoms with Crippen LogP contribution in [0.1, 0.15) is 107 Å². The smallest absolute Gasteiger partial charge is 0.328 e. The number of cyclic esters (lactones) is 1. The second-order valence-corrected chi connectivity index (χ2v) is 22.4. The summed E-state index contributed by atoms with van der Waals surface area (Å²) in [5.74, 6) is -3.08. The van der Waals surface area contributed by atoms with E-state index in [1.165, 1.54) is 20.1 Å². The van der Waals surface area contributed by atoms with Crippen molar-refractivity contribution >= 4 is 22.0 Å². The third kappa shape index (κ3) is 13.9. The molecule has 0 spiro atoms. The number of aryl methyl sites for hydroxylation is 1. The number of aliphatic hydroxyl groups is 5. The maximum absolute atomic E-state index is 14.5. The van der Waals surface area contributed by atoms with Gasteiger partial charge in [-0.3, -0.25) is 9.69 Å². The number of hydrogen-bond acceptors (Lipinski definition) is 17. The molecule has 19 nitrogen and oxygen atoms in total. The minimum Gasteiger partial charge on any atom is -0.459 e. The van der Waals surface area contributed by atoms with E-state index < -0.39 is 112 Å². The molecule has 3 aliphatic heterocycles. The molecule has 3 fully saturated rings. The molecule has 0 bridgehead atoms. The number of hydrogen-bond donors (Lipinski definition) is 7. The number of esters is 1. The van der Waals surface area contributed by atoms with Crippen LogP contribution in [-0.2, 0) is 43.2 Å². The molecule has 1 unspecified atom stereocenters. The molecule has 0 saturated carbocycles. The molecule has 3 heterocycles. The summed E-state index contributed by atoms with van der Waals surface area (Å²) in [5.41, 5.74) is -4.31. The fraction of sp³-hybridized carbons (Fsp3) is 0.833. The molecule has 0 aromatic heterocycles. The first-order valence-corrected chi connectivity index (χ1v) is 25.6. The van der Waals surface area contributed by atoms with Crippen LogP contribution in [0.3, 0.4) is 0 Å². The average Bonchev–Trinajstić information content (AvgIpc) is 3.25. The molecule has 0 aliphatic carbocycles. The number of carbonyl (C=O) groups is 2. The van der Waals surface area contributed by atoms with Gasteiger partial charge in [0.25, 0.3) is 10.0 Å². The number of nitrogens with one attached hydrogen (secondary N) is 2. The summed E-state index contributed by atoms with van der Waals surface area (Å²) in [6.07, 6.45) is -9.31. The number of nitrogens with zero attached hydrogens (tertiary/aromatic N) is 2. The lowest BCUT2D eigenvalue weighted by molar-refractivity contribution is -0.318. The first kappa shape index (κ1) is 58.0. The van der Waals surface area contributed by atoms with Crippen molar-refractivity contribution in [1.29, 1.82) is 0 Å². The minimum absolute atomic E-state index is 0.0231. The first-order chi connectivity index (χ1) is 31.5. The summed E-state index contributed by atoms with van der Waals surface area (Å²) >= 11 is 0. The van der Waals surface area contributed by atoms with Crippen LogP contribution in [0.2, 0.25) is 0 Å². The highest BCUT2D eigenvalue weighted by Gasteiger charge is 2.53. The molecule has 1 aromatic rings. The molecule has 68 heavy (non-hydrogen) atoms. The van der Waals surface area contributed by atoms with Gasteiger partial charge in [0.1, 0.15) is 30.0 Å². The largest absolute Gasteiger partial charge is 0.459 e. The lowest BCUT2D eigenvalue weighted by Gasteiger charge is -2.48. The number of aliphatic hydroxyl groups excluding tert-OH is 3. The van der Waals surface area contributed by atoms with E-state index in [2.05, 4.69) is 10.0 Å². The molecule has 4 rings (SSSR count). The number of likely N-dealkylation sites (N-methyl/N-ethyl adjacent to an activating group) is 1. The van der Waals surface area contributed by atoms with Crippen molar-refractivity contribution in [3.63, 3.8) is 0 Å². The number of methoxy groups -OCH3 is 1. The Morgan fingerprint density at radius 3 is 2.22 bits per heavy atom. The second-order valence-electron chi connectivity index (χ2n) is 20.7. The predicted molar refractivity (Wildman–Crippen MR) is 253 cm³/mol. The Kier molecular flexibility index (Phi) is 20.3. The van der Waals surface area contributed by atoms with Crippen LogP contribution in [0.15, 0.2) is 29.2 Å². The fourth-order valence-corrected chi connectivity index (χ4v) is 11.6. The van der Waals surface area contributed by atoms with Crippen molar-refractivity contribution in [2.45, 2.75) is 203 Å². The molecule has 3 saturated heterocycles. The Labute approximate surface area is 404 Å². The van der Waals surface area contributed by atoms with Crippen molar-refractivity contribution in [2.75, 3.05) is 40.8 Å². The molecule has 18 atom stereocenters. The van der Waals surface area contributed by atoms with Gasteiger partial charge in [0.15, 0.2) is 12.6 Å². The molecular formula is C48H84N4O15S. The SMILES string of the molecule is CC[C@H]1OC(=O)[C@@H](C)[C@@H](OC2C[C@](C)(OC)[C@H](O)[C@@H](C)O2)[C@@H](C)[C@@H](O[C@H]2O[C@@H](C)C[C@H](N(C)C)[C@@H]2O)[C@](C)(O)C[C@@H](C)CN(CCCNC(=O)NS(=O)(=O)c2ccccc2C)[C@H](C)[C@@H](O)[C@]1(C)O. The van der Waals surface area contributed by atoms with E-state index in [0.717, 1.165) is 0 Å². The van der Waals surface area contributed by atoms with Crippen molar-refractivity contribution in [2.24, 2.45) is 17.8 Å². The molecule has 3 aliphatic rings. The average molecular weight is 989 g/mol. The normalized spacial score (nSPS) is 40.8. The van der Waals surface area contributed by atoms with E-state index in [9.17, 15) is 43.5 Å². The Morgan fingerprint density at radius 2 is 1.62 bits per heavy atom. The number of sulfonamides is 1. The predicted octanol–water partition coefficient (Wildman–Crippen LogP) is 2.66. The lowest BCUT2D eigenvalue weighted by Crippen LogP contribution is -2.60. The zero-order valence-corrected chi connectivity index (χ0v) is 43.6. The van der Waals surface area contributed by atoms with Crippen LogP contribution < -0.4 is 10.0 Å². The molecule has 20 heteroatoms. The highest BCUT2D eigenvalue weighted by Crippen LogP contribution is 2.40. The number of urea groups is 1. The maximum atomic E-state index is 14.5. The summed E-state index contributed by atoms with van der Waals surface area (Å²) in [6.45, 7) is 19.3. The van der Waals surface area contributed by atoms with Gasteiger partial charge in [-0.15, -0.1) is 0 Å². The molecule has 1 aromatic carbocycles. The Bertz CT molecular complexity index is 1910. The van der Waals surface area contributed by atoms with Gasteiger partial charge < -0.3 is 64.2 Å². The van der Waals surface area contributed by atoms with Crippen molar-refractivity contribution in [1.82, 2.24) is 19.8 Å². The van der Waals surface area contributed by atoms with Crippen LogP contribution in [-0.4, -0.2) is 187 Å². The number of rotatable bonds is 13. The van der Waals surface area contributed by atoms with Gasteiger partial charge >= 0.3 is 12.0 Å². The van der Waals surface area contributed by atoms with Gasteiger partial charge in [-0.25, -0.2) is 17.9 Å². The van der Waals surface area contributed by atoms with Crippen molar-refractivity contribution < 1.29 is 72.0 Å². The molecule has 2 amide bonds. The van der Waals surface area contributed by atoms with Gasteiger partial charge in [-0.1, -0.05) is 39.0 Å².